The predicted octanol–water partition coefficient (Wildman–Crippen LogP) is 3.17. The Labute approximate surface area is 257 Å². The lowest BCUT2D eigenvalue weighted by Gasteiger charge is -2.33. The molecule has 1 heterocycles. The van der Waals surface area contributed by atoms with E-state index in [9.17, 15) is 34.2 Å². The van der Waals surface area contributed by atoms with Crippen LogP contribution in [0.4, 0.5) is 0 Å². The van der Waals surface area contributed by atoms with Crippen molar-refractivity contribution in [2.24, 2.45) is 11.7 Å². The van der Waals surface area contributed by atoms with Gasteiger partial charge in [-0.15, -0.1) is 0 Å². The molecule has 1 aliphatic carbocycles. The molecule has 236 valence electrons. The standard InChI is InChI=1S/C33H42N4O7/c34-19-7-6-11-25(35-30(39)23-15-13-22(14-16-23)21-8-2-1-3-9-21)31(40)36-26(32(41)42)17-18-29(38)37-27-12-5-4-10-24(27)20-28(37)33(43)44/h1-3,8-9,13-16,24-28H,4-7,10-12,17-20,34H2,(H,35,39)(H,36,40)(H,41,42)(H,43,44)/t24-,25-,26+,27-,28-/m0/s1. The van der Waals surface area contributed by atoms with E-state index >= 15 is 0 Å². The van der Waals surface area contributed by atoms with Crippen LogP contribution in [-0.4, -0.2) is 75.5 Å². The van der Waals surface area contributed by atoms with E-state index in [2.05, 4.69) is 10.6 Å². The van der Waals surface area contributed by atoms with E-state index in [-0.39, 0.29) is 31.2 Å². The Balaban J connectivity index is 1.39. The van der Waals surface area contributed by atoms with Crippen molar-refractivity contribution in [1.82, 2.24) is 15.5 Å². The van der Waals surface area contributed by atoms with Gasteiger partial charge in [0.15, 0.2) is 0 Å². The van der Waals surface area contributed by atoms with Crippen LogP contribution in [0.3, 0.4) is 0 Å². The average Bonchev–Trinajstić information content (AvgIpc) is 3.43. The molecule has 1 saturated carbocycles. The van der Waals surface area contributed by atoms with Gasteiger partial charge in [0.25, 0.3) is 5.91 Å². The number of carbonyl (C=O) groups is 5. The highest BCUT2D eigenvalue weighted by atomic mass is 16.4. The highest BCUT2D eigenvalue weighted by Gasteiger charge is 2.47. The number of amides is 3. The van der Waals surface area contributed by atoms with E-state index in [0.717, 1.165) is 36.8 Å². The average molecular weight is 607 g/mol. The van der Waals surface area contributed by atoms with Gasteiger partial charge in [-0.05, 0) is 80.7 Å². The van der Waals surface area contributed by atoms with Gasteiger partial charge in [-0.3, -0.25) is 14.4 Å². The molecule has 0 radical (unpaired) electrons. The maximum Gasteiger partial charge on any atom is 0.326 e. The predicted molar refractivity (Wildman–Crippen MR) is 163 cm³/mol. The molecule has 4 rings (SSSR count). The molecule has 0 aromatic heterocycles. The minimum atomic E-state index is -1.39. The fraction of sp³-hybridized carbons (Fsp3) is 0.485. The van der Waals surface area contributed by atoms with Crippen molar-refractivity contribution >= 4 is 29.7 Å². The van der Waals surface area contributed by atoms with E-state index in [1.807, 2.05) is 42.5 Å². The first kappa shape index (κ1) is 32.7. The summed E-state index contributed by atoms with van der Waals surface area (Å²) < 4.78 is 0. The van der Waals surface area contributed by atoms with Gasteiger partial charge < -0.3 is 31.5 Å². The number of nitrogens with zero attached hydrogens (tertiary/aromatic N) is 1. The van der Waals surface area contributed by atoms with Crippen LogP contribution < -0.4 is 16.4 Å². The molecule has 1 saturated heterocycles. The fourth-order valence-electron chi connectivity index (χ4n) is 6.41. The molecule has 11 nitrogen and oxygen atoms in total. The molecule has 2 aliphatic rings. The zero-order valence-corrected chi connectivity index (χ0v) is 24.8. The van der Waals surface area contributed by atoms with Crippen LogP contribution in [0.1, 0.15) is 74.6 Å². The molecule has 6 N–H and O–H groups in total. The van der Waals surface area contributed by atoms with Crippen molar-refractivity contribution in [1.29, 1.82) is 0 Å². The summed E-state index contributed by atoms with van der Waals surface area (Å²) in [5, 5.41) is 24.8. The minimum absolute atomic E-state index is 0.135. The van der Waals surface area contributed by atoms with Gasteiger partial charge in [0.1, 0.15) is 18.1 Å². The van der Waals surface area contributed by atoms with Crippen molar-refractivity contribution in [3.63, 3.8) is 0 Å². The summed E-state index contributed by atoms with van der Waals surface area (Å²) in [6, 6.07) is 13.2. The molecule has 1 aliphatic heterocycles. The monoisotopic (exact) mass is 606 g/mol. The maximum atomic E-state index is 13.3. The number of fused-ring (bicyclic) bond motifs is 1. The molecule has 44 heavy (non-hydrogen) atoms. The lowest BCUT2D eigenvalue weighted by Crippen LogP contribution is -2.52. The number of aliphatic carboxylic acids is 2. The SMILES string of the molecule is NCCCC[C@H](NC(=O)c1ccc(-c2ccccc2)cc1)C(=O)N[C@H](CCC(=O)N1[C@H](C(=O)O)C[C@@H]2CCCC[C@@H]21)C(=O)O. The van der Waals surface area contributed by atoms with Crippen LogP contribution >= 0.6 is 0 Å². The molecule has 3 amide bonds. The highest BCUT2D eigenvalue weighted by Crippen LogP contribution is 2.40. The Morgan fingerprint density at radius 2 is 1.52 bits per heavy atom. The van der Waals surface area contributed by atoms with Crippen molar-refractivity contribution < 1.29 is 34.2 Å². The maximum absolute atomic E-state index is 13.3. The van der Waals surface area contributed by atoms with Crippen LogP contribution in [-0.2, 0) is 19.2 Å². The molecule has 0 bridgehead atoms. The van der Waals surface area contributed by atoms with Gasteiger partial charge in [0.05, 0.1) is 0 Å². The van der Waals surface area contributed by atoms with E-state index < -0.39 is 47.8 Å². The summed E-state index contributed by atoms with van der Waals surface area (Å²) in [6.45, 7) is 0.402. The number of carbonyl (C=O) groups excluding carboxylic acids is 3. The zero-order valence-electron chi connectivity index (χ0n) is 24.8. The smallest absolute Gasteiger partial charge is 0.326 e. The first-order valence-electron chi connectivity index (χ1n) is 15.4. The topological polar surface area (TPSA) is 179 Å². The van der Waals surface area contributed by atoms with Gasteiger partial charge in [0, 0.05) is 18.0 Å². The Morgan fingerprint density at radius 3 is 2.18 bits per heavy atom. The van der Waals surface area contributed by atoms with E-state index in [1.165, 1.54) is 4.90 Å². The molecular formula is C33H42N4O7. The van der Waals surface area contributed by atoms with Gasteiger partial charge in [-0.2, -0.15) is 0 Å². The van der Waals surface area contributed by atoms with Crippen LogP contribution in [0.25, 0.3) is 11.1 Å². The van der Waals surface area contributed by atoms with Crippen molar-refractivity contribution in [3.8, 4) is 11.1 Å². The van der Waals surface area contributed by atoms with Gasteiger partial charge in [-0.25, -0.2) is 9.59 Å². The highest BCUT2D eigenvalue weighted by molar-refractivity contribution is 5.98. The Bertz CT molecular complexity index is 1320. The third-order valence-electron chi connectivity index (χ3n) is 8.75. The number of nitrogens with one attached hydrogen (secondary N) is 2. The van der Waals surface area contributed by atoms with Crippen LogP contribution in [0.2, 0.25) is 0 Å². The molecular weight excluding hydrogens is 564 g/mol. The lowest BCUT2D eigenvalue weighted by molar-refractivity contribution is -0.150. The number of carboxylic acids is 2. The van der Waals surface area contributed by atoms with Crippen molar-refractivity contribution in [3.05, 3.63) is 60.2 Å². The Hall–Kier alpha value is -4.25. The third-order valence-corrected chi connectivity index (χ3v) is 8.75. The van der Waals surface area contributed by atoms with Gasteiger partial charge in [-0.1, -0.05) is 55.3 Å². The third kappa shape index (κ3) is 8.22. The molecule has 0 unspecified atom stereocenters. The van der Waals surface area contributed by atoms with Gasteiger partial charge >= 0.3 is 11.9 Å². The van der Waals surface area contributed by atoms with Crippen LogP contribution in [0.15, 0.2) is 54.6 Å². The quantitative estimate of drug-likeness (QED) is 0.203. The number of hydrogen-bond donors (Lipinski definition) is 5. The molecule has 2 aromatic rings. The van der Waals surface area contributed by atoms with E-state index in [4.69, 9.17) is 5.73 Å². The number of carboxylic acid groups (broad SMARTS) is 2. The first-order chi connectivity index (χ1) is 21.2. The van der Waals surface area contributed by atoms with Crippen molar-refractivity contribution in [2.45, 2.75) is 88.4 Å². The minimum Gasteiger partial charge on any atom is -0.480 e. The molecule has 11 heteroatoms. The van der Waals surface area contributed by atoms with Crippen molar-refractivity contribution in [2.75, 3.05) is 6.54 Å². The fourth-order valence-corrected chi connectivity index (χ4v) is 6.41. The summed E-state index contributed by atoms with van der Waals surface area (Å²) in [7, 11) is 0. The Kier molecular flexibility index (Phi) is 11.5. The summed E-state index contributed by atoms with van der Waals surface area (Å²) in [5.41, 5.74) is 7.89. The van der Waals surface area contributed by atoms with Crippen LogP contribution in [0, 0.1) is 5.92 Å². The number of likely N-dealkylation sites (tertiary alicyclic amines) is 1. The summed E-state index contributed by atoms with van der Waals surface area (Å²) in [5.74, 6) is -3.80. The Morgan fingerprint density at radius 1 is 0.841 bits per heavy atom. The largest absolute Gasteiger partial charge is 0.480 e. The lowest BCUT2D eigenvalue weighted by atomic mass is 9.84. The van der Waals surface area contributed by atoms with E-state index in [0.29, 0.717) is 31.4 Å². The number of hydrogen-bond acceptors (Lipinski definition) is 6. The number of unbranched alkanes of at least 4 members (excludes halogenated alkanes) is 1. The molecule has 2 fully saturated rings. The van der Waals surface area contributed by atoms with Crippen LogP contribution in [0.5, 0.6) is 0 Å². The zero-order chi connectivity index (χ0) is 31.6. The van der Waals surface area contributed by atoms with E-state index in [1.54, 1.807) is 12.1 Å². The molecule has 2 aromatic carbocycles. The number of benzene rings is 2. The first-order valence-corrected chi connectivity index (χ1v) is 15.4. The van der Waals surface area contributed by atoms with Gasteiger partial charge in [0.2, 0.25) is 11.8 Å². The number of nitrogens with two attached hydrogens (primary N) is 1. The normalized spacial score (nSPS) is 20.7. The second-order valence-corrected chi connectivity index (χ2v) is 11.7. The molecule has 0 spiro atoms. The second kappa shape index (κ2) is 15.5. The molecule has 5 atom stereocenters. The number of rotatable bonds is 14. The summed E-state index contributed by atoms with van der Waals surface area (Å²) in [6.07, 6.45) is 4.91. The second-order valence-electron chi connectivity index (χ2n) is 11.7. The summed E-state index contributed by atoms with van der Waals surface area (Å²) >= 11 is 0. The summed E-state index contributed by atoms with van der Waals surface area (Å²) in [4.78, 5) is 65.1.